The molecule has 3 rings (SSSR count). The topological polar surface area (TPSA) is 71.5 Å². The number of nitrogens with zero attached hydrogens (tertiary/aromatic N) is 2. The molecule has 1 aromatic heterocycles. The standard InChI is InChI=1S/C19H23N3O3S/c1-13(2)25-16-7-4-3-6-14(16)11-20-17(23)10-15-12-26-19(21-15)22-9-5-8-18(22)24/h3-4,6-7,12-13H,5,8-11H2,1-2H3,(H,20,23). The zero-order chi connectivity index (χ0) is 18.5. The third-order valence-corrected chi connectivity index (χ3v) is 4.91. The number of hydrogen-bond acceptors (Lipinski definition) is 5. The van der Waals surface area contributed by atoms with E-state index < -0.39 is 0 Å². The van der Waals surface area contributed by atoms with Crippen LogP contribution in [0.15, 0.2) is 29.6 Å². The summed E-state index contributed by atoms with van der Waals surface area (Å²) in [5.74, 6) is 0.789. The van der Waals surface area contributed by atoms with E-state index in [1.807, 2.05) is 43.5 Å². The van der Waals surface area contributed by atoms with Crippen molar-refractivity contribution in [2.45, 2.75) is 45.8 Å². The predicted molar refractivity (Wildman–Crippen MR) is 101 cm³/mol. The van der Waals surface area contributed by atoms with Gasteiger partial charge < -0.3 is 10.1 Å². The maximum absolute atomic E-state index is 12.2. The molecule has 7 heteroatoms. The molecule has 2 amide bonds. The molecule has 138 valence electrons. The third-order valence-electron chi connectivity index (χ3n) is 4.00. The highest BCUT2D eigenvalue weighted by molar-refractivity contribution is 7.14. The highest BCUT2D eigenvalue weighted by atomic mass is 32.1. The van der Waals surface area contributed by atoms with Crippen LogP contribution < -0.4 is 15.0 Å². The summed E-state index contributed by atoms with van der Waals surface area (Å²) in [6, 6.07) is 7.69. The minimum atomic E-state index is -0.103. The minimum Gasteiger partial charge on any atom is -0.491 e. The molecule has 1 aliphatic rings. The Balaban J connectivity index is 1.55. The summed E-state index contributed by atoms with van der Waals surface area (Å²) >= 11 is 1.41. The summed E-state index contributed by atoms with van der Waals surface area (Å²) in [5, 5.41) is 5.44. The second-order valence-corrected chi connectivity index (χ2v) is 7.33. The molecule has 0 bridgehead atoms. The smallest absolute Gasteiger partial charge is 0.228 e. The molecule has 6 nitrogen and oxygen atoms in total. The largest absolute Gasteiger partial charge is 0.491 e. The number of anilines is 1. The highest BCUT2D eigenvalue weighted by Gasteiger charge is 2.24. The van der Waals surface area contributed by atoms with Gasteiger partial charge in [-0.2, -0.15) is 0 Å². The number of ether oxygens (including phenoxy) is 1. The number of thiazole rings is 1. The molecule has 1 aromatic carbocycles. The van der Waals surface area contributed by atoms with Gasteiger partial charge in [0.25, 0.3) is 0 Å². The van der Waals surface area contributed by atoms with Gasteiger partial charge in [0.05, 0.1) is 18.2 Å². The summed E-state index contributed by atoms with van der Waals surface area (Å²) in [6.45, 7) is 5.06. The molecular weight excluding hydrogens is 350 g/mol. The predicted octanol–water partition coefficient (Wildman–Crippen LogP) is 2.92. The number of carbonyl (C=O) groups excluding carboxylic acids is 2. The summed E-state index contributed by atoms with van der Waals surface area (Å²) < 4.78 is 5.77. The second-order valence-electron chi connectivity index (χ2n) is 6.50. The van der Waals surface area contributed by atoms with Crippen LogP contribution >= 0.6 is 11.3 Å². The van der Waals surface area contributed by atoms with Crippen molar-refractivity contribution in [1.29, 1.82) is 0 Å². The summed E-state index contributed by atoms with van der Waals surface area (Å²) in [5.41, 5.74) is 1.63. The molecular formula is C19H23N3O3S. The lowest BCUT2D eigenvalue weighted by Crippen LogP contribution is -2.26. The van der Waals surface area contributed by atoms with E-state index in [0.29, 0.717) is 30.3 Å². The van der Waals surface area contributed by atoms with Crippen molar-refractivity contribution in [2.75, 3.05) is 11.4 Å². The molecule has 0 saturated carbocycles. The van der Waals surface area contributed by atoms with Crippen LogP contribution in [0.1, 0.15) is 37.9 Å². The van der Waals surface area contributed by atoms with Crippen LogP contribution in [0.4, 0.5) is 5.13 Å². The van der Waals surface area contributed by atoms with Crippen LogP contribution in [0.5, 0.6) is 5.75 Å². The van der Waals surface area contributed by atoms with Crippen molar-refractivity contribution in [3.05, 3.63) is 40.9 Å². The zero-order valence-electron chi connectivity index (χ0n) is 15.0. The van der Waals surface area contributed by atoms with Gasteiger partial charge in [-0.1, -0.05) is 18.2 Å². The van der Waals surface area contributed by atoms with Crippen LogP contribution in [0.3, 0.4) is 0 Å². The molecule has 1 fully saturated rings. The fraction of sp³-hybridized carbons (Fsp3) is 0.421. The molecule has 2 aromatic rings. The highest BCUT2D eigenvalue weighted by Crippen LogP contribution is 2.25. The van der Waals surface area contributed by atoms with E-state index in [9.17, 15) is 9.59 Å². The van der Waals surface area contributed by atoms with E-state index in [0.717, 1.165) is 17.7 Å². The number of hydrogen-bond donors (Lipinski definition) is 1. The molecule has 1 saturated heterocycles. The summed E-state index contributed by atoms with van der Waals surface area (Å²) in [7, 11) is 0. The van der Waals surface area contributed by atoms with Crippen molar-refractivity contribution >= 4 is 28.3 Å². The van der Waals surface area contributed by atoms with Crippen molar-refractivity contribution in [3.8, 4) is 5.75 Å². The SMILES string of the molecule is CC(C)Oc1ccccc1CNC(=O)Cc1csc(N2CCCC2=O)n1. The molecule has 0 unspecified atom stereocenters. The van der Waals surface area contributed by atoms with E-state index in [2.05, 4.69) is 10.3 Å². The lowest BCUT2D eigenvalue weighted by atomic mass is 10.2. The quantitative estimate of drug-likeness (QED) is 0.810. The molecule has 2 heterocycles. The molecule has 0 aliphatic carbocycles. The van der Waals surface area contributed by atoms with E-state index in [-0.39, 0.29) is 24.3 Å². The Bertz CT molecular complexity index is 788. The monoisotopic (exact) mass is 373 g/mol. The molecule has 0 atom stereocenters. The third kappa shape index (κ3) is 4.60. The number of nitrogens with one attached hydrogen (secondary N) is 1. The number of amides is 2. The van der Waals surface area contributed by atoms with Gasteiger partial charge in [0.15, 0.2) is 5.13 Å². The average molecular weight is 373 g/mol. The Morgan fingerprint density at radius 1 is 1.38 bits per heavy atom. The van der Waals surface area contributed by atoms with E-state index >= 15 is 0 Å². The van der Waals surface area contributed by atoms with Crippen molar-refractivity contribution in [1.82, 2.24) is 10.3 Å². The van der Waals surface area contributed by atoms with Crippen LogP contribution in [0, 0.1) is 0 Å². The van der Waals surface area contributed by atoms with Gasteiger partial charge in [0.1, 0.15) is 5.75 Å². The van der Waals surface area contributed by atoms with Gasteiger partial charge in [-0.3, -0.25) is 14.5 Å². The fourth-order valence-corrected chi connectivity index (χ4v) is 3.66. The normalized spacial score (nSPS) is 14.1. The Hall–Kier alpha value is -2.41. The van der Waals surface area contributed by atoms with Crippen molar-refractivity contribution in [2.24, 2.45) is 0 Å². The fourth-order valence-electron chi connectivity index (χ4n) is 2.79. The first-order chi connectivity index (χ1) is 12.5. The first-order valence-electron chi connectivity index (χ1n) is 8.79. The lowest BCUT2D eigenvalue weighted by molar-refractivity contribution is -0.120. The number of para-hydroxylation sites is 1. The average Bonchev–Trinajstić information content (AvgIpc) is 3.22. The Morgan fingerprint density at radius 2 is 2.19 bits per heavy atom. The van der Waals surface area contributed by atoms with Gasteiger partial charge in [0, 0.05) is 30.5 Å². The van der Waals surface area contributed by atoms with Gasteiger partial charge in [0.2, 0.25) is 11.8 Å². The molecule has 26 heavy (non-hydrogen) atoms. The molecule has 1 N–H and O–H groups in total. The second kappa shape index (κ2) is 8.31. The van der Waals surface area contributed by atoms with E-state index in [1.54, 1.807) is 4.90 Å². The van der Waals surface area contributed by atoms with Crippen molar-refractivity contribution < 1.29 is 14.3 Å². The van der Waals surface area contributed by atoms with Crippen LogP contribution in [0.2, 0.25) is 0 Å². The van der Waals surface area contributed by atoms with Crippen LogP contribution in [0.25, 0.3) is 0 Å². The maximum atomic E-state index is 12.2. The van der Waals surface area contributed by atoms with Crippen LogP contribution in [-0.4, -0.2) is 29.4 Å². The Kier molecular flexibility index (Phi) is 5.88. The Labute approximate surface area is 157 Å². The first-order valence-corrected chi connectivity index (χ1v) is 9.67. The zero-order valence-corrected chi connectivity index (χ0v) is 15.8. The molecule has 0 spiro atoms. The summed E-state index contributed by atoms with van der Waals surface area (Å²) in [4.78, 5) is 30.2. The number of benzene rings is 1. The summed E-state index contributed by atoms with van der Waals surface area (Å²) in [6.07, 6.45) is 1.72. The van der Waals surface area contributed by atoms with Gasteiger partial charge in [-0.25, -0.2) is 4.98 Å². The van der Waals surface area contributed by atoms with Gasteiger partial charge in [-0.15, -0.1) is 11.3 Å². The lowest BCUT2D eigenvalue weighted by Gasteiger charge is -2.14. The van der Waals surface area contributed by atoms with Crippen molar-refractivity contribution in [3.63, 3.8) is 0 Å². The maximum Gasteiger partial charge on any atom is 0.228 e. The van der Waals surface area contributed by atoms with Crippen LogP contribution in [-0.2, 0) is 22.6 Å². The van der Waals surface area contributed by atoms with E-state index in [1.165, 1.54) is 11.3 Å². The molecule has 1 aliphatic heterocycles. The number of aromatic nitrogens is 1. The number of rotatable bonds is 7. The van der Waals surface area contributed by atoms with E-state index in [4.69, 9.17) is 4.74 Å². The van der Waals surface area contributed by atoms with Gasteiger partial charge in [-0.05, 0) is 26.3 Å². The first kappa shape index (κ1) is 18.4. The minimum absolute atomic E-state index is 0.0774. The molecule has 0 radical (unpaired) electrons. The van der Waals surface area contributed by atoms with Gasteiger partial charge >= 0.3 is 0 Å². The Morgan fingerprint density at radius 3 is 2.92 bits per heavy atom. The number of carbonyl (C=O) groups is 2.